The Balaban J connectivity index is 2.08. The molecule has 1 N–H and O–H groups in total. The zero-order valence-electron chi connectivity index (χ0n) is 12.0. The molecule has 3 rings (SSSR count). The molecule has 4 heteroatoms. The Morgan fingerprint density at radius 2 is 2.20 bits per heavy atom. The minimum atomic E-state index is -0.394. The third-order valence-electron chi connectivity index (χ3n) is 4.92. The van der Waals surface area contributed by atoms with E-state index in [1.54, 1.807) is 7.11 Å². The highest BCUT2D eigenvalue weighted by atomic mass is 35.5. The van der Waals surface area contributed by atoms with E-state index in [0.29, 0.717) is 6.61 Å². The predicted molar refractivity (Wildman–Crippen MR) is 80.2 cm³/mol. The van der Waals surface area contributed by atoms with Gasteiger partial charge in [0.1, 0.15) is 0 Å². The fourth-order valence-corrected chi connectivity index (χ4v) is 4.00. The van der Waals surface area contributed by atoms with Crippen molar-refractivity contribution in [1.29, 1.82) is 0 Å². The molecule has 1 aromatic carbocycles. The highest BCUT2D eigenvalue weighted by Crippen LogP contribution is 2.71. The van der Waals surface area contributed by atoms with Gasteiger partial charge in [-0.25, -0.2) is 0 Å². The molecule has 0 bridgehead atoms. The number of methoxy groups -OCH3 is 1. The molecule has 3 nitrogen and oxygen atoms in total. The lowest BCUT2D eigenvalue weighted by molar-refractivity contribution is -0.124. The number of hydrogen-bond acceptors (Lipinski definition) is 2. The van der Waals surface area contributed by atoms with Crippen LogP contribution in [0.1, 0.15) is 38.2 Å². The number of fused-ring (bicyclic) bond motifs is 3. The molecule has 1 aromatic rings. The van der Waals surface area contributed by atoms with E-state index < -0.39 is 5.41 Å². The van der Waals surface area contributed by atoms with Gasteiger partial charge in [-0.1, -0.05) is 31.4 Å². The first-order chi connectivity index (χ1) is 9.59. The molecule has 2 aliphatic rings. The summed E-state index contributed by atoms with van der Waals surface area (Å²) >= 11 is 6.17. The maximum atomic E-state index is 12.5. The van der Waals surface area contributed by atoms with E-state index >= 15 is 0 Å². The zero-order chi connectivity index (χ0) is 14.4. The van der Waals surface area contributed by atoms with Crippen molar-refractivity contribution in [3.8, 4) is 0 Å². The molecular weight excluding hydrogens is 274 g/mol. The van der Waals surface area contributed by atoms with Crippen molar-refractivity contribution in [3.05, 3.63) is 28.8 Å². The molecule has 20 heavy (non-hydrogen) atoms. The van der Waals surface area contributed by atoms with Gasteiger partial charge in [-0.15, -0.1) is 0 Å². The van der Waals surface area contributed by atoms with Gasteiger partial charge in [0.25, 0.3) is 0 Å². The Kier molecular flexibility index (Phi) is 3.30. The van der Waals surface area contributed by atoms with Crippen LogP contribution in [-0.4, -0.2) is 19.6 Å². The van der Waals surface area contributed by atoms with Gasteiger partial charge >= 0.3 is 0 Å². The Morgan fingerprint density at radius 3 is 2.90 bits per heavy atom. The number of unbranched alkanes of at least 4 members (excludes halogenated alkanes) is 1. The van der Waals surface area contributed by atoms with Crippen molar-refractivity contribution in [2.75, 3.05) is 19.0 Å². The first-order valence-electron chi connectivity index (χ1n) is 7.20. The largest absolute Gasteiger partial charge is 0.384 e. The normalized spacial score (nSPS) is 30.4. The number of nitrogens with one attached hydrogen (secondary N) is 1. The van der Waals surface area contributed by atoms with E-state index in [9.17, 15) is 4.79 Å². The van der Waals surface area contributed by atoms with Crippen molar-refractivity contribution in [2.24, 2.45) is 5.41 Å². The van der Waals surface area contributed by atoms with Crippen LogP contribution in [0.25, 0.3) is 0 Å². The third kappa shape index (κ3) is 1.73. The van der Waals surface area contributed by atoms with Crippen molar-refractivity contribution in [1.82, 2.24) is 0 Å². The summed E-state index contributed by atoms with van der Waals surface area (Å²) < 4.78 is 5.35. The molecule has 2 unspecified atom stereocenters. The lowest BCUT2D eigenvalue weighted by atomic mass is 9.78. The number of carbonyl (C=O) groups is 1. The number of benzene rings is 1. The van der Waals surface area contributed by atoms with Crippen LogP contribution in [-0.2, 0) is 14.9 Å². The van der Waals surface area contributed by atoms with E-state index in [0.717, 1.165) is 36.4 Å². The number of carbonyl (C=O) groups excluding carboxylic acids is 1. The average molecular weight is 294 g/mol. The van der Waals surface area contributed by atoms with Gasteiger partial charge in [-0.2, -0.15) is 0 Å². The maximum absolute atomic E-state index is 12.5. The zero-order valence-corrected chi connectivity index (χ0v) is 12.7. The van der Waals surface area contributed by atoms with Crippen molar-refractivity contribution < 1.29 is 9.53 Å². The lowest BCUT2D eigenvalue weighted by Crippen LogP contribution is -2.39. The predicted octanol–water partition coefficient (Wildman–Crippen LogP) is 3.76. The van der Waals surface area contributed by atoms with Gasteiger partial charge in [-0.3, -0.25) is 4.79 Å². The first-order valence-corrected chi connectivity index (χ1v) is 7.58. The molecule has 0 radical (unpaired) electrons. The number of halogens is 1. The molecule has 108 valence electrons. The van der Waals surface area contributed by atoms with E-state index in [-0.39, 0.29) is 11.3 Å². The standard InChI is InChI=1S/C16H20ClNO2/c1-3-4-7-15-9-16(15,10-20-2)14(19)18-13-6-5-11(17)8-12(13)15/h5-6,8H,3-4,7,9-10H2,1-2H3,(H,18,19). The second-order valence-corrected chi connectivity index (χ2v) is 6.46. The van der Waals surface area contributed by atoms with Crippen molar-refractivity contribution in [2.45, 2.75) is 38.0 Å². The quantitative estimate of drug-likeness (QED) is 0.898. The summed E-state index contributed by atoms with van der Waals surface area (Å²) in [5, 5.41) is 3.76. The minimum absolute atomic E-state index is 0.0818. The van der Waals surface area contributed by atoms with Crippen LogP contribution in [0.2, 0.25) is 5.02 Å². The fraction of sp³-hybridized carbons (Fsp3) is 0.562. The van der Waals surface area contributed by atoms with Gasteiger partial charge in [0, 0.05) is 23.2 Å². The number of amides is 1. The van der Waals surface area contributed by atoms with Crippen molar-refractivity contribution in [3.63, 3.8) is 0 Å². The monoisotopic (exact) mass is 293 g/mol. The Bertz CT molecular complexity index is 559. The highest BCUT2D eigenvalue weighted by Gasteiger charge is 2.74. The van der Waals surface area contributed by atoms with Gasteiger partial charge in [0.05, 0.1) is 12.0 Å². The molecular formula is C16H20ClNO2. The average Bonchev–Trinajstić information content (AvgIpc) is 3.10. The summed E-state index contributed by atoms with van der Waals surface area (Å²) in [5.41, 5.74) is 1.63. The number of ether oxygens (including phenoxy) is 1. The summed E-state index contributed by atoms with van der Waals surface area (Å²) in [6.07, 6.45) is 4.13. The smallest absolute Gasteiger partial charge is 0.233 e. The molecule has 0 aromatic heterocycles. The first kappa shape index (κ1) is 13.9. The van der Waals surface area contributed by atoms with Crippen LogP contribution in [0.3, 0.4) is 0 Å². The molecule has 0 saturated heterocycles. The number of rotatable bonds is 5. The van der Waals surface area contributed by atoms with Crippen LogP contribution in [0.4, 0.5) is 5.69 Å². The number of anilines is 1. The number of hydrogen-bond donors (Lipinski definition) is 1. The topological polar surface area (TPSA) is 38.3 Å². The Labute approximate surface area is 124 Å². The van der Waals surface area contributed by atoms with Gasteiger partial charge in [0.15, 0.2) is 0 Å². The summed E-state index contributed by atoms with van der Waals surface area (Å²) in [6, 6.07) is 5.77. The molecule has 1 amide bonds. The van der Waals surface area contributed by atoms with E-state index in [4.69, 9.17) is 16.3 Å². The summed E-state index contributed by atoms with van der Waals surface area (Å²) in [5.74, 6) is 0.102. The molecule has 2 atom stereocenters. The van der Waals surface area contributed by atoms with Crippen LogP contribution >= 0.6 is 11.6 Å². The summed E-state index contributed by atoms with van der Waals surface area (Å²) in [6.45, 7) is 2.66. The summed E-state index contributed by atoms with van der Waals surface area (Å²) in [4.78, 5) is 12.5. The van der Waals surface area contributed by atoms with Crippen molar-refractivity contribution >= 4 is 23.2 Å². The molecule has 1 saturated carbocycles. The molecule has 1 heterocycles. The maximum Gasteiger partial charge on any atom is 0.233 e. The SMILES string of the molecule is CCCCC12CC1(COC)C(=O)Nc1ccc(Cl)cc12. The van der Waals surface area contributed by atoms with Crippen LogP contribution in [0.15, 0.2) is 18.2 Å². The molecule has 1 fully saturated rings. The molecule has 1 aliphatic heterocycles. The highest BCUT2D eigenvalue weighted by molar-refractivity contribution is 6.30. The minimum Gasteiger partial charge on any atom is -0.384 e. The fourth-order valence-electron chi connectivity index (χ4n) is 3.83. The van der Waals surface area contributed by atoms with Gasteiger partial charge in [-0.05, 0) is 36.6 Å². The van der Waals surface area contributed by atoms with Gasteiger partial charge in [0.2, 0.25) is 5.91 Å². The second-order valence-electron chi connectivity index (χ2n) is 6.02. The molecule has 0 spiro atoms. The van der Waals surface area contributed by atoms with Crippen LogP contribution in [0, 0.1) is 5.41 Å². The van der Waals surface area contributed by atoms with E-state index in [2.05, 4.69) is 12.2 Å². The summed E-state index contributed by atoms with van der Waals surface area (Å²) in [7, 11) is 1.67. The van der Waals surface area contributed by atoms with E-state index in [1.165, 1.54) is 5.56 Å². The Morgan fingerprint density at radius 1 is 1.40 bits per heavy atom. The second kappa shape index (κ2) is 4.74. The molecule has 1 aliphatic carbocycles. The van der Waals surface area contributed by atoms with Crippen LogP contribution < -0.4 is 5.32 Å². The lowest BCUT2D eigenvalue weighted by Gasteiger charge is -2.32. The van der Waals surface area contributed by atoms with Gasteiger partial charge < -0.3 is 10.1 Å². The Hall–Kier alpha value is -1.06. The van der Waals surface area contributed by atoms with E-state index in [1.807, 2.05) is 18.2 Å². The third-order valence-corrected chi connectivity index (χ3v) is 5.16. The van der Waals surface area contributed by atoms with Crippen LogP contribution in [0.5, 0.6) is 0 Å².